The van der Waals surface area contributed by atoms with E-state index < -0.39 is 29.3 Å². The Morgan fingerprint density at radius 2 is 1.79 bits per heavy atom. The van der Waals surface area contributed by atoms with Gasteiger partial charge in [0.25, 0.3) is 0 Å². The number of aromatic nitrogens is 2. The van der Waals surface area contributed by atoms with E-state index in [4.69, 9.17) is 0 Å². The van der Waals surface area contributed by atoms with Gasteiger partial charge < -0.3 is 14.9 Å². The maximum absolute atomic E-state index is 13.3. The standard InChI is InChI=1S/C24H29F3N4O2/c25-19-13-18(14-20(26)24(19)27)22(32)6-12-30-8-4-17(5-9-30)23(33)15-31-10-2-16(3-11-31)21-1-7-28-29-21/h1,6-7,12-14,16-17,23,33H,2-5,8-11,15H2,(H,28,29). The van der Waals surface area contributed by atoms with Crippen LogP contribution in [0.3, 0.4) is 0 Å². The lowest BCUT2D eigenvalue weighted by Crippen LogP contribution is -2.43. The normalized spacial score (nSPS) is 19.9. The molecule has 9 heteroatoms. The maximum Gasteiger partial charge on any atom is 0.194 e. The number of rotatable bonds is 7. The smallest absolute Gasteiger partial charge is 0.194 e. The molecule has 1 atom stereocenters. The third-order valence-electron chi connectivity index (χ3n) is 6.80. The Balaban J connectivity index is 1.20. The number of halogens is 3. The SMILES string of the molecule is O=C(C=CN1CCC(C(O)CN2CCC(c3cc[nH]n3)CC2)CC1)c1cc(F)c(F)c(F)c1. The van der Waals surface area contributed by atoms with Crippen molar-refractivity contribution < 1.29 is 23.1 Å². The summed E-state index contributed by atoms with van der Waals surface area (Å²) in [5.74, 6) is -4.27. The Hall–Kier alpha value is -2.65. The Labute approximate surface area is 191 Å². The van der Waals surface area contributed by atoms with Crippen LogP contribution >= 0.6 is 0 Å². The van der Waals surface area contributed by atoms with Gasteiger partial charge in [-0.05, 0) is 62.9 Å². The van der Waals surface area contributed by atoms with Gasteiger partial charge in [-0.25, -0.2) is 13.2 Å². The van der Waals surface area contributed by atoms with Crippen molar-refractivity contribution in [1.29, 1.82) is 0 Å². The van der Waals surface area contributed by atoms with Crippen LogP contribution in [0.5, 0.6) is 0 Å². The van der Waals surface area contributed by atoms with Gasteiger partial charge in [0.1, 0.15) is 0 Å². The van der Waals surface area contributed by atoms with Crippen LogP contribution in [0.2, 0.25) is 0 Å². The zero-order valence-corrected chi connectivity index (χ0v) is 18.4. The quantitative estimate of drug-likeness (QED) is 0.375. The van der Waals surface area contributed by atoms with Crippen LogP contribution in [-0.2, 0) is 0 Å². The average molecular weight is 463 g/mol. The van der Waals surface area contributed by atoms with Gasteiger partial charge in [-0.2, -0.15) is 5.10 Å². The zero-order valence-electron chi connectivity index (χ0n) is 18.4. The molecule has 1 unspecified atom stereocenters. The molecule has 0 spiro atoms. The zero-order chi connectivity index (χ0) is 23.4. The fourth-order valence-electron chi connectivity index (χ4n) is 4.74. The molecule has 0 saturated carbocycles. The molecule has 2 aliphatic rings. The summed E-state index contributed by atoms with van der Waals surface area (Å²) in [7, 11) is 0. The van der Waals surface area contributed by atoms with Crippen molar-refractivity contribution in [2.24, 2.45) is 5.92 Å². The van der Waals surface area contributed by atoms with Crippen LogP contribution in [0, 0.1) is 23.4 Å². The van der Waals surface area contributed by atoms with E-state index in [0.717, 1.165) is 44.5 Å². The second kappa shape index (κ2) is 10.5. The van der Waals surface area contributed by atoms with Gasteiger partial charge in [0.15, 0.2) is 23.2 Å². The van der Waals surface area contributed by atoms with Crippen molar-refractivity contribution in [2.75, 3.05) is 32.7 Å². The van der Waals surface area contributed by atoms with Crippen LogP contribution < -0.4 is 0 Å². The van der Waals surface area contributed by atoms with E-state index in [0.29, 0.717) is 37.7 Å². The molecule has 0 aliphatic carbocycles. The number of allylic oxidation sites excluding steroid dienone is 1. The highest BCUT2D eigenvalue weighted by molar-refractivity contribution is 6.04. The molecule has 2 saturated heterocycles. The van der Waals surface area contributed by atoms with Gasteiger partial charge in [0.2, 0.25) is 0 Å². The van der Waals surface area contributed by atoms with Gasteiger partial charge in [-0.1, -0.05) is 0 Å². The maximum atomic E-state index is 13.3. The van der Waals surface area contributed by atoms with Gasteiger partial charge in [-0.3, -0.25) is 9.89 Å². The predicted molar refractivity (Wildman–Crippen MR) is 117 cm³/mol. The number of aliphatic hydroxyl groups is 1. The van der Waals surface area contributed by atoms with Crippen LogP contribution in [0.4, 0.5) is 13.2 Å². The molecule has 1 aromatic carbocycles. The first-order valence-electron chi connectivity index (χ1n) is 11.4. The molecule has 0 radical (unpaired) electrons. The topological polar surface area (TPSA) is 72.5 Å². The number of nitrogens with zero attached hydrogens (tertiary/aromatic N) is 3. The molecule has 178 valence electrons. The predicted octanol–water partition coefficient (Wildman–Crippen LogP) is 3.48. The van der Waals surface area contributed by atoms with Gasteiger partial charge in [0.05, 0.1) is 11.8 Å². The lowest BCUT2D eigenvalue weighted by molar-refractivity contribution is 0.0318. The molecule has 2 aromatic rings. The minimum Gasteiger partial charge on any atom is -0.392 e. The molecule has 3 heterocycles. The lowest BCUT2D eigenvalue weighted by Gasteiger charge is -2.37. The van der Waals surface area contributed by atoms with Crippen molar-refractivity contribution in [3.63, 3.8) is 0 Å². The number of hydrogen-bond donors (Lipinski definition) is 2. The molecule has 2 N–H and O–H groups in total. The molecular weight excluding hydrogens is 433 g/mol. The minimum absolute atomic E-state index is 0.190. The summed E-state index contributed by atoms with van der Waals surface area (Å²) in [6.07, 6.45) is 7.96. The third kappa shape index (κ3) is 5.83. The number of likely N-dealkylation sites (tertiary alicyclic amines) is 2. The molecule has 0 bridgehead atoms. The van der Waals surface area contributed by atoms with Crippen LogP contribution in [0.25, 0.3) is 0 Å². The van der Waals surface area contributed by atoms with Crippen LogP contribution in [0.15, 0.2) is 36.7 Å². The highest BCUT2D eigenvalue weighted by Gasteiger charge is 2.28. The number of carbonyl (C=O) groups is 1. The number of β-amino-alcohol motifs (C(OH)–C–C–N with tert-alkyl or cyclic N) is 1. The second-order valence-electron chi connectivity index (χ2n) is 8.95. The Kier molecular flexibility index (Phi) is 7.49. The summed E-state index contributed by atoms with van der Waals surface area (Å²) in [5.41, 5.74) is 0.882. The van der Waals surface area contributed by atoms with Gasteiger partial charge in [0, 0.05) is 49.6 Å². The van der Waals surface area contributed by atoms with Crippen molar-refractivity contribution >= 4 is 5.78 Å². The van der Waals surface area contributed by atoms with E-state index in [1.807, 2.05) is 17.2 Å². The van der Waals surface area contributed by atoms with E-state index in [1.54, 1.807) is 6.20 Å². The molecule has 4 rings (SSSR count). The highest BCUT2D eigenvalue weighted by atomic mass is 19.2. The van der Waals surface area contributed by atoms with Crippen molar-refractivity contribution in [3.8, 4) is 0 Å². The fourth-order valence-corrected chi connectivity index (χ4v) is 4.74. The van der Waals surface area contributed by atoms with Crippen molar-refractivity contribution in [2.45, 2.75) is 37.7 Å². The van der Waals surface area contributed by atoms with Crippen LogP contribution in [-0.4, -0.2) is 69.7 Å². The van der Waals surface area contributed by atoms with E-state index in [2.05, 4.69) is 15.1 Å². The summed E-state index contributed by atoms with van der Waals surface area (Å²) in [5, 5.41) is 17.9. The van der Waals surface area contributed by atoms with Crippen molar-refractivity contribution in [3.05, 3.63) is 65.4 Å². The number of benzene rings is 1. The molecule has 2 aliphatic heterocycles. The first-order valence-corrected chi connectivity index (χ1v) is 11.4. The van der Waals surface area contributed by atoms with E-state index >= 15 is 0 Å². The minimum atomic E-state index is -1.59. The average Bonchev–Trinajstić information content (AvgIpc) is 3.36. The van der Waals surface area contributed by atoms with E-state index in [-0.39, 0.29) is 11.5 Å². The number of piperidine rings is 2. The van der Waals surface area contributed by atoms with E-state index in [9.17, 15) is 23.1 Å². The lowest BCUT2D eigenvalue weighted by atomic mass is 9.89. The van der Waals surface area contributed by atoms with Crippen molar-refractivity contribution in [1.82, 2.24) is 20.0 Å². The molecule has 1 aromatic heterocycles. The molecule has 6 nitrogen and oxygen atoms in total. The Morgan fingerprint density at radius 3 is 2.39 bits per heavy atom. The summed E-state index contributed by atoms with van der Waals surface area (Å²) < 4.78 is 39.7. The van der Waals surface area contributed by atoms with E-state index in [1.165, 1.54) is 6.08 Å². The first-order chi connectivity index (χ1) is 15.9. The summed E-state index contributed by atoms with van der Waals surface area (Å²) in [6, 6.07) is 3.43. The van der Waals surface area contributed by atoms with Gasteiger partial charge in [-0.15, -0.1) is 0 Å². The van der Waals surface area contributed by atoms with Gasteiger partial charge >= 0.3 is 0 Å². The fraction of sp³-hybridized carbons (Fsp3) is 0.500. The molecule has 0 amide bonds. The Morgan fingerprint density at radius 1 is 1.12 bits per heavy atom. The number of carbonyl (C=O) groups excluding carboxylic acids is 1. The monoisotopic (exact) mass is 462 g/mol. The molecule has 2 fully saturated rings. The molecule has 33 heavy (non-hydrogen) atoms. The van der Waals surface area contributed by atoms with Crippen LogP contribution in [0.1, 0.15) is 47.7 Å². The Bertz CT molecular complexity index is 943. The summed E-state index contributed by atoms with van der Waals surface area (Å²) >= 11 is 0. The number of nitrogens with one attached hydrogen (secondary N) is 1. The number of aliphatic hydroxyl groups excluding tert-OH is 1. The summed E-state index contributed by atoms with van der Waals surface area (Å²) in [6.45, 7) is 3.91. The molecular formula is C24H29F3N4O2. The number of aromatic amines is 1. The summed E-state index contributed by atoms with van der Waals surface area (Å²) in [4.78, 5) is 16.4. The number of ketones is 1. The number of hydrogen-bond acceptors (Lipinski definition) is 5. The first kappa shape index (κ1) is 23.5. The third-order valence-corrected chi connectivity index (χ3v) is 6.80. The number of H-pyrrole nitrogens is 1. The second-order valence-corrected chi connectivity index (χ2v) is 8.95. The highest BCUT2D eigenvalue weighted by Crippen LogP contribution is 2.28. The largest absolute Gasteiger partial charge is 0.392 e.